The van der Waals surface area contributed by atoms with Gasteiger partial charge < -0.3 is 5.32 Å². The predicted octanol–water partition coefficient (Wildman–Crippen LogP) is 4.88. The molecule has 0 radical (unpaired) electrons. The van der Waals surface area contributed by atoms with Crippen LogP contribution in [0.1, 0.15) is 69.8 Å². The van der Waals surface area contributed by atoms with Crippen molar-refractivity contribution in [1.29, 1.82) is 0 Å². The van der Waals surface area contributed by atoms with E-state index in [0.717, 1.165) is 23.9 Å². The maximum Gasteiger partial charge on any atom is 0.00952 e. The molecule has 2 aliphatic carbocycles. The Morgan fingerprint density at radius 2 is 1.55 bits per heavy atom. The molecule has 3 rings (SSSR count). The van der Waals surface area contributed by atoms with Crippen LogP contribution in [-0.4, -0.2) is 12.1 Å². The summed E-state index contributed by atoms with van der Waals surface area (Å²) in [6.45, 7) is 2.44. The van der Waals surface area contributed by atoms with Crippen molar-refractivity contribution in [3.63, 3.8) is 0 Å². The van der Waals surface area contributed by atoms with Crippen molar-refractivity contribution in [3.8, 4) is 0 Å². The van der Waals surface area contributed by atoms with Crippen LogP contribution < -0.4 is 5.32 Å². The van der Waals surface area contributed by atoms with Crippen LogP contribution in [0.5, 0.6) is 0 Å². The summed E-state index contributed by atoms with van der Waals surface area (Å²) in [7, 11) is 0. The highest BCUT2D eigenvalue weighted by atomic mass is 15.0. The maximum atomic E-state index is 3.98. The van der Waals surface area contributed by atoms with Crippen LogP contribution in [0.25, 0.3) is 0 Å². The second-order valence-electron chi connectivity index (χ2n) is 6.99. The number of rotatable bonds is 3. The summed E-state index contributed by atoms with van der Waals surface area (Å²) < 4.78 is 0. The highest BCUT2D eigenvalue weighted by Crippen LogP contribution is 2.34. The predicted molar refractivity (Wildman–Crippen MR) is 86.0 cm³/mol. The van der Waals surface area contributed by atoms with Gasteiger partial charge in [-0.3, -0.25) is 0 Å². The molecule has 2 unspecified atom stereocenters. The average molecular weight is 271 g/mol. The lowest BCUT2D eigenvalue weighted by Crippen LogP contribution is -2.44. The van der Waals surface area contributed by atoms with Gasteiger partial charge in [-0.15, -0.1) is 0 Å². The van der Waals surface area contributed by atoms with Gasteiger partial charge in [0.2, 0.25) is 0 Å². The normalized spacial score (nSPS) is 34.9. The van der Waals surface area contributed by atoms with Gasteiger partial charge in [0.1, 0.15) is 0 Å². The zero-order valence-corrected chi connectivity index (χ0v) is 12.9. The Hall–Kier alpha value is -0.820. The Bertz CT molecular complexity index is 391. The van der Waals surface area contributed by atoms with E-state index >= 15 is 0 Å². The van der Waals surface area contributed by atoms with Crippen LogP contribution in [0.3, 0.4) is 0 Å². The van der Waals surface area contributed by atoms with Gasteiger partial charge in [-0.25, -0.2) is 0 Å². The molecule has 1 nitrogen and oxygen atoms in total. The molecule has 0 spiro atoms. The molecule has 2 saturated carbocycles. The van der Waals surface area contributed by atoms with E-state index < -0.39 is 0 Å². The summed E-state index contributed by atoms with van der Waals surface area (Å²) in [4.78, 5) is 0. The van der Waals surface area contributed by atoms with E-state index in [-0.39, 0.29) is 0 Å². The second-order valence-corrected chi connectivity index (χ2v) is 6.99. The Balaban J connectivity index is 1.49. The Morgan fingerprint density at radius 1 is 0.850 bits per heavy atom. The summed E-state index contributed by atoms with van der Waals surface area (Å²) in [5.74, 6) is 1.69. The number of hydrogen-bond acceptors (Lipinski definition) is 1. The minimum atomic E-state index is 0.778. The minimum Gasteiger partial charge on any atom is -0.311 e. The summed E-state index contributed by atoms with van der Waals surface area (Å²) in [6, 6.07) is 12.7. The molecule has 0 aliphatic heterocycles. The standard InChI is InChI=1S/C19H29N/c1-15-7-5-6-10-19(15)20-18-13-11-17(12-14-18)16-8-3-2-4-9-16/h2-4,8-9,15,17-20H,5-7,10-14H2,1H3. The van der Waals surface area contributed by atoms with Crippen LogP contribution in [0.2, 0.25) is 0 Å². The van der Waals surface area contributed by atoms with Gasteiger partial charge in [0.25, 0.3) is 0 Å². The molecule has 0 bridgehead atoms. The minimum absolute atomic E-state index is 0.778. The monoisotopic (exact) mass is 271 g/mol. The van der Waals surface area contributed by atoms with Crippen molar-refractivity contribution < 1.29 is 0 Å². The fourth-order valence-electron chi connectivity index (χ4n) is 4.19. The third-order valence-electron chi connectivity index (χ3n) is 5.56. The topological polar surface area (TPSA) is 12.0 Å². The first-order valence-corrected chi connectivity index (χ1v) is 8.64. The van der Waals surface area contributed by atoms with Crippen molar-refractivity contribution in [2.24, 2.45) is 5.92 Å². The van der Waals surface area contributed by atoms with E-state index in [0.29, 0.717) is 0 Å². The maximum absolute atomic E-state index is 3.98. The first-order valence-electron chi connectivity index (χ1n) is 8.64. The summed E-state index contributed by atoms with van der Waals surface area (Å²) >= 11 is 0. The first-order chi connectivity index (χ1) is 9.83. The molecule has 0 heterocycles. The smallest absolute Gasteiger partial charge is 0.00952 e. The first kappa shape index (κ1) is 14.1. The Labute approximate surface area is 124 Å². The SMILES string of the molecule is CC1CCCCC1NC1CCC(c2ccccc2)CC1. The van der Waals surface area contributed by atoms with Crippen LogP contribution in [-0.2, 0) is 0 Å². The van der Waals surface area contributed by atoms with Crippen molar-refractivity contribution in [2.45, 2.75) is 76.3 Å². The molecule has 20 heavy (non-hydrogen) atoms. The van der Waals surface area contributed by atoms with Gasteiger partial charge in [0, 0.05) is 12.1 Å². The Kier molecular flexibility index (Phi) is 4.77. The fourth-order valence-corrected chi connectivity index (χ4v) is 4.19. The van der Waals surface area contributed by atoms with E-state index in [2.05, 4.69) is 42.6 Å². The molecule has 0 amide bonds. The van der Waals surface area contributed by atoms with Gasteiger partial charge in [-0.2, -0.15) is 0 Å². The second kappa shape index (κ2) is 6.76. The lowest BCUT2D eigenvalue weighted by molar-refractivity contribution is 0.229. The molecule has 1 aromatic rings. The highest BCUT2D eigenvalue weighted by molar-refractivity contribution is 5.20. The summed E-state index contributed by atoms with van der Waals surface area (Å²) in [5, 5.41) is 3.98. The molecule has 1 N–H and O–H groups in total. The van der Waals surface area contributed by atoms with E-state index in [1.165, 1.54) is 51.4 Å². The fraction of sp³-hybridized carbons (Fsp3) is 0.684. The van der Waals surface area contributed by atoms with Gasteiger partial charge >= 0.3 is 0 Å². The summed E-state index contributed by atoms with van der Waals surface area (Å²) in [6.07, 6.45) is 11.2. The van der Waals surface area contributed by atoms with Crippen molar-refractivity contribution in [1.82, 2.24) is 5.32 Å². The van der Waals surface area contributed by atoms with Crippen LogP contribution >= 0.6 is 0 Å². The van der Waals surface area contributed by atoms with Crippen LogP contribution in [0.4, 0.5) is 0 Å². The van der Waals surface area contributed by atoms with E-state index in [1.54, 1.807) is 5.56 Å². The van der Waals surface area contributed by atoms with Crippen LogP contribution in [0.15, 0.2) is 30.3 Å². The van der Waals surface area contributed by atoms with E-state index in [1.807, 2.05) is 0 Å². The van der Waals surface area contributed by atoms with E-state index in [4.69, 9.17) is 0 Å². The summed E-state index contributed by atoms with van der Waals surface area (Å²) in [5.41, 5.74) is 1.55. The van der Waals surface area contributed by atoms with E-state index in [9.17, 15) is 0 Å². The van der Waals surface area contributed by atoms with Crippen molar-refractivity contribution >= 4 is 0 Å². The van der Waals surface area contributed by atoms with Crippen molar-refractivity contribution in [2.75, 3.05) is 0 Å². The average Bonchev–Trinajstić information content (AvgIpc) is 2.51. The molecule has 0 saturated heterocycles. The third-order valence-corrected chi connectivity index (χ3v) is 5.56. The van der Waals surface area contributed by atoms with Gasteiger partial charge in [0.05, 0.1) is 0 Å². The highest BCUT2D eigenvalue weighted by Gasteiger charge is 2.27. The molecular formula is C19H29N. The number of hydrogen-bond donors (Lipinski definition) is 1. The lowest BCUT2D eigenvalue weighted by Gasteiger charge is -2.36. The molecule has 110 valence electrons. The molecular weight excluding hydrogens is 242 g/mol. The van der Waals surface area contributed by atoms with Gasteiger partial charge in [-0.05, 0) is 55.9 Å². The molecule has 2 aliphatic rings. The lowest BCUT2D eigenvalue weighted by atomic mass is 9.80. The molecule has 1 heteroatoms. The van der Waals surface area contributed by atoms with Crippen molar-refractivity contribution in [3.05, 3.63) is 35.9 Å². The molecule has 2 fully saturated rings. The molecule has 0 aromatic heterocycles. The molecule has 2 atom stereocenters. The zero-order valence-electron chi connectivity index (χ0n) is 12.9. The third kappa shape index (κ3) is 3.44. The number of nitrogens with one attached hydrogen (secondary N) is 1. The number of benzene rings is 1. The van der Waals surface area contributed by atoms with Crippen LogP contribution in [0, 0.1) is 5.92 Å². The largest absolute Gasteiger partial charge is 0.311 e. The van der Waals surface area contributed by atoms with Gasteiger partial charge in [0.15, 0.2) is 0 Å². The Morgan fingerprint density at radius 3 is 2.25 bits per heavy atom. The van der Waals surface area contributed by atoms with Gasteiger partial charge in [-0.1, -0.05) is 50.1 Å². The zero-order chi connectivity index (χ0) is 13.8. The quantitative estimate of drug-likeness (QED) is 0.826. The molecule has 1 aromatic carbocycles.